The fourth-order valence-corrected chi connectivity index (χ4v) is 4.86. The number of nitrogens with one attached hydrogen (secondary N) is 2. The molecule has 0 unspecified atom stereocenters. The molecule has 0 spiro atoms. The van der Waals surface area contributed by atoms with Crippen molar-refractivity contribution in [1.82, 2.24) is 20.5 Å². The number of hydrogen-bond acceptors (Lipinski definition) is 5. The minimum absolute atomic E-state index is 0.0453. The van der Waals surface area contributed by atoms with Gasteiger partial charge in [-0.2, -0.15) is 0 Å². The van der Waals surface area contributed by atoms with Gasteiger partial charge in [-0.3, -0.25) is 14.9 Å². The van der Waals surface area contributed by atoms with Gasteiger partial charge in [0.15, 0.2) is 11.5 Å². The molecule has 1 atom stereocenters. The summed E-state index contributed by atoms with van der Waals surface area (Å²) in [5, 5.41) is 5.09. The minimum atomic E-state index is -1.13. The Labute approximate surface area is 191 Å². The number of hydrogen-bond donors (Lipinski definition) is 2. The molecule has 0 saturated carbocycles. The van der Waals surface area contributed by atoms with Crippen LogP contribution in [0.5, 0.6) is 0 Å². The normalized spacial score (nSPS) is 21.5. The van der Waals surface area contributed by atoms with Crippen LogP contribution in [0.1, 0.15) is 54.4 Å². The quantitative estimate of drug-likeness (QED) is 0.597. The van der Waals surface area contributed by atoms with Gasteiger partial charge in [0.1, 0.15) is 11.1 Å². The van der Waals surface area contributed by atoms with Gasteiger partial charge in [0, 0.05) is 24.6 Å². The van der Waals surface area contributed by atoms with Gasteiger partial charge in [-0.25, -0.2) is 9.78 Å². The predicted molar refractivity (Wildman–Crippen MR) is 122 cm³/mol. The summed E-state index contributed by atoms with van der Waals surface area (Å²) in [6.07, 6.45) is 1.58. The third-order valence-corrected chi connectivity index (χ3v) is 6.79. The van der Waals surface area contributed by atoms with Crippen LogP contribution < -0.4 is 10.6 Å². The molecule has 2 aliphatic heterocycles. The summed E-state index contributed by atoms with van der Waals surface area (Å²) in [6.45, 7) is 5.01. The molecule has 2 aromatic carbocycles. The van der Waals surface area contributed by atoms with Gasteiger partial charge in [-0.1, -0.05) is 38.1 Å². The number of benzene rings is 2. The summed E-state index contributed by atoms with van der Waals surface area (Å²) in [4.78, 5) is 43.9. The Hall–Kier alpha value is -3.68. The van der Waals surface area contributed by atoms with Crippen molar-refractivity contribution in [2.45, 2.75) is 38.1 Å². The fourth-order valence-electron chi connectivity index (χ4n) is 4.86. The number of fused-ring (bicyclic) bond motifs is 1. The molecule has 8 heteroatoms. The first-order valence-electron chi connectivity index (χ1n) is 11.3. The van der Waals surface area contributed by atoms with Crippen LogP contribution in [-0.4, -0.2) is 40.8 Å². The second kappa shape index (κ2) is 8.03. The Bertz CT molecular complexity index is 1190. The Balaban J connectivity index is 1.28. The van der Waals surface area contributed by atoms with Crippen LogP contribution >= 0.6 is 0 Å². The Morgan fingerprint density at radius 3 is 2.39 bits per heavy atom. The molecule has 0 bridgehead atoms. The highest BCUT2D eigenvalue weighted by molar-refractivity contribution is 6.07. The van der Waals surface area contributed by atoms with Gasteiger partial charge in [-0.05, 0) is 48.6 Å². The van der Waals surface area contributed by atoms with Gasteiger partial charge in [0.2, 0.25) is 0 Å². The molecule has 4 amide bonds. The maximum atomic E-state index is 13.1. The SMILES string of the molecule is CC(C)[C@]1(c2ccc(C(=O)N3CCC(c4nc5ccccc5o4)CC3)cc2)NC(=O)NC1=O. The van der Waals surface area contributed by atoms with E-state index < -0.39 is 11.6 Å². The van der Waals surface area contributed by atoms with Crippen molar-refractivity contribution in [3.63, 3.8) is 0 Å². The number of carbonyl (C=O) groups is 3. The van der Waals surface area contributed by atoms with E-state index >= 15 is 0 Å². The van der Waals surface area contributed by atoms with Gasteiger partial charge in [0.25, 0.3) is 11.8 Å². The number of aromatic nitrogens is 1. The van der Waals surface area contributed by atoms with E-state index in [0.717, 1.165) is 29.8 Å². The summed E-state index contributed by atoms with van der Waals surface area (Å²) in [6, 6.07) is 14.2. The smallest absolute Gasteiger partial charge is 0.322 e. The molecular weight excluding hydrogens is 420 g/mol. The van der Waals surface area contributed by atoms with Gasteiger partial charge in [0.05, 0.1) is 0 Å². The topological polar surface area (TPSA) is 105 Å². The lowest BCUT2D eigenvalue weighted by Crippen LogP contribution is -2.48. The third-order valence-electron chi connectivity index (χ3n) is 6.79. The first-order chi connectivity index (χ1) is 15.9. The molecule has 2 aliphatic rings. The van der Waals surface area contributed by atoms with E-state index in [1.165, 1.54) is 0 Å². The minimum Gasteiger partial charge on any atom is -0.440 e. The zero-order valence-corrected chi connectivity index (χ0v) is 18.6. The van der Waals surface area contributed by atoms with E-state index in [1.807, 2.05) is 43.0 Å². The predicted octanol–water partition coefficient (Wildman–Crippen LogP) is 3.54. The molecule has 8 nitrogen and oxygen atoms in total. The van der Waals surface area contributed by atoms with Crippen LogP contribution in [0.25, 0.3) is 11.1 Å². The second-order valence-electron chi connectivity index (χ2n) is 9.03. The van der Waals surface area contributed by atoms with E-state index in [1.54, 1.807) is 24.3 Å². The van der Waals surface area contributed by atoms with Crippen LogP contribution in [0.15, 0.2) is 52.9 Å². The second-order valence-corrected chi connectivity index (χ2v) is 9.03. The summed E-state index contributed by atoms with van der Waals surface area (Å²) in [5.74, 6) is 0.359. The van der Waals surface area contributed by atoms with Crippen LogP contribution in [-0.2, 0) is 10.3 Å². The van der Waals surface area contributed by atoms with E-state index in [9.17, 15) is 14.4 Å². The molecule has 5 rings (SSSR count). The van der Waals surface area contributed by atoms with Crippen molar-refractivity contribution in [3.8, 4) is 0 Å². The summed E-state index contributed by atoms with van der Waals surface area (Å²) in [5.41, 5.74) is 1.74. The fraction of sp³-hybridized carbons (Fsp3) is 0.360. The van der Waals surface area contributed by atoms with Crippen molar-refractivity contribution < 1.29 is 18.8 Å². The maximum Gasteiger partial charge on any atom is 0.322 e. The number of urea groups is 1. The van der Waals surface area contributed by atoms with E-state index in [0.29, 0.717) is 24.2 Å². The third kappa shape index (κ3) is 3.55. The molecule has 3 heterocycles. The van der Waals surface area contributed by atoms with Gasteiger partial charge >= 0.3 is 6.03 Å². The average molecular weight is 447 g/mol. The lowest BCUT2D eigenvalue weighted by Gasteiger charge is -2.32. The zero-order chi connectivity index (χ0) is 23.2. The van der Waals surface area contributed by atoms with Crippen LogP contribution in [0.3, 0.4) is 0 Å². The molecule has 33 heavy (non-hydrogen) atoms. The number of carbonyl (C=O) groups excluding carboxylic acids is 3. The first kappa shape index (κ1) is 21.2. The molecule has 0 aliphatic carbocycles. The number of piperidine rings is 1. The molecule has 2 saturated heterocycles. The zero-order valence-electron chi connectivity index (χ0n) is 18.6. The maximum absolute atomic E-state index is 13.1. The molecular formula is C25H26N4O4. The lowest BCUT2D eigenvalue weighted by molar-refractivity contribution is -0.125. The monoisotopic (exact) mass is 446 g/mol. The van der Waals surface area contributed by atoms with Crippen LogP contribution in [0.4, 0.5) is 4.79 Å². The van der Waals surface area contributed by atoms with E-state index in [2.05, 4.69) is 15.6 Å². The highest BCUT2D eigenvalue weighted by atomic mass is 16.3. The number of amides is 4. The lowest BCUT2D eigenvalue weighted by atomic mass is 9.79. The van der Waals surface area contributed by atoms with E-state index in [4.69, 9.17) is 4.42 Å². The van der Waals surface area contributed by atoms with Crippen molar-refractivity contribution >= 4 is 28.9 Å². The number of likely N-dealkylation sites (tertiary alicyclic amines) is 1. The number of imide groups is 1. The summed E-state index contributed by atoms with van der Waals surface area (Å²) in [7, 11) is 0. The Kier molecular flexibility index (Phi) is 5.15. The molecule has 1 aromatic heterocycles. The Morgan fingerprint density at radius 1 is 1.09 bits per heavy atom. The Morgan fingerprint density at radius 2 is 1.79 bits per heavy atom. The first-order valence-corrected chi connectivity index (χ1v) is 11.3. The summed E-state index contributed by atoms with van der Waals surface area (Å²) < 4.78 is 5.92. The number of rotatable bonds is 4. The summed E-state index contributed by atoms with van der Waals surface area (Å²) >= 11 is 0. The van der Waals surface area contributed by atoms with Crippen molar-refractivity contribution in [2.24, 2.45) is 5.92 Å². The standard InChI is InChI=1S/C25H26N4O4/c1-15(2)25(23(31)27-24(32)28-25)18-9-7-17(8-10-18)22(30)29-13-11-16(12-14-29)21-26-19-5-3-4-6-20(19)33-21/h3-10,15-16H,11-14H2,1-2H3,(H2,27,28,31,32)/t25-/m1/s1. The number of nitrogens with zero attached hydrogens (tertiary/aromatic N) is 2. The van der Waals surface area contributed by atoms with Crippen LogP contribution in [0, 0.1) is 5.92 Å². The van der Waals surface area contributed by atoms with Crippen molar-refractivity contribution in [2.75, 3.05) is 13.1 Å². The molecule has 3 aromatic rings. The largest absolute Gasteiger partial charge is 0.440 e. The van der Waals surface area contributed by atoms with E-state index in [-0.39, 0.29) is 23.7 Å². The molecule has 2 N–H and O–H groups in total. The van der Waals surface area contributed by atoms with Crippen molar-refractivity contribution in [3.05, 3.63) is 65.5 Å². The van der Waals surface area contributed by atoms with Crippen LogP contribution in [0.2, 0.25) is 0 Å². The molecule has 170 valence electrons. The highest BCUT2D eigenvalue weighted by Crippen LogP contribution is 2.34. The number of para-hydroxylation sites is 2. The average Bonchev–Trinajstić information content (AvgIpc) is 3.39. The molecule has 2 fully saturated rings. The molecule has 0 radical (unpaired) electrons. The van der Waals surface area contributed by atoms with Gasteiger partial charge < -0.3 is 14.6 Å². The highest BCUT2D eigenvalue weighted by Gasteiger charge is 2.50. The van der Waals surface area contributed by atoms with Crippen molar-refractivity contribution in [1.29, 1.82) is 0 Å². The van der Waals surface area contributed by atoms with Gasteiger partial charge in [-0.15, -0.1) is 0 Å². The number of oxazole rings is 1.